The third-order valence-corrected chi connectivity index (χ3v) is 4.47. The van der Waals surface area contributed by atoms with Crippen LogP contribution in [0.1, 0.15) is 0 Å². The highest BCUT2D eigenvalue weighted by molar-refractivity contribution is 7.92. The van der Waals surface area contributed by atoms with Crippen molar-refractivity contribution in [1.82, 2.24) is 15.0 Å². The smallest absolute Gasteiger partial charge is 0.263 e. The van der Waals surface area contributed by atoms with Crippen LogP contribution < -0.4 is 4.72 Å². The quantitative estimate of drug-likeness (QED) is 0.801. The molecule has 0 fully saturated rings. The Labute approximate surface area is 125 Å². The molecule has 3 rings (SSSR count). The van der Waals surface area contributed by atoms with Crippen LogP contribution in [0.5, 0.6) is 0 Å². The zero-order valence-corrected chi connectivity index (χ0v) is 12.1. The first kappa shape index (κ1) is 13.7. The van der Waals surface area contributed by atoms with E-state index in [2.05, 4.69) is 19.7 Å². The van der Waals surface area contributed by atoms with Crippen molar-refractivity contribution in [2.45, 2.75) is 4.90 Å². The molecule has 6 nitrogen and oxygen atoms in total. The number of rotatable bonds is 3. The number of pyridine rings is 1. The number of anilines is 1. The van der Waals surface area contributed by atoms with Crippen molar-refractivity contribution < 1.29 is 8.42 Å². The van der Waals surface area contributed by atoms with Crippen LogP contribution in [0.2, 0.25) is 5.02 Å². The Kier molecular flexibility index (Phi) is 3.44. The predicted octanol–water partition coefficient (Wildman–Crippen LogP) is 2.48. The molecule has 2 heterocycles. The van der Waals surface area contributed by atoms with E-state index < -0.39 is 10.0 Å². The lowest BCUT2D eigenvalue weighted by molar-refractivity contribution is 0.601. The molecule has 0 spiro atoms. The molecule has 0 radical (unpaired) electrons. The maximum Gasteiger partial charge on any atom is 0.263 e. The molecule has 0 saturated heterocycles. The Bertz CT molecular complexity index is 900. The van der Waals surface area contributed by atoms with Crippen LogP contribution in [0.4, 0.5) is 5.82 Å². The summed E-state index contributed by atoms with van der Waals surface area (Å²) in [6.45, 7) is 0. The van der Waals surface area contributed by atoms with Crippen molar-refractivity contribution in [3.8, 4) is 0 Å². The molecule has 2 aromatic heterocycles. The molecule has 0 bridgehead atoms. The SMILES string of the molecule is O=S(=O)(Nc1ccncn1)c1ccc2c(Cl)ccnc2c1. The molecule has 0 aliphatic carbocycles. The van der Waals surface area contributed by atoms with Gasteiger partial charge in [-0.15, -0.1) is 0 Å². The molecule has 0 aliphatic heterocycles. The zero-order chi connectivity index (χ0) is 14.9. The van der Waals surface area contributed by atoms with Gasteiger partial charge < -0.3 is 0 Å². The van der Waals surface area contributed by atoms with Crippen molar-refractivity contribution in [1.29, 1.82) is 0 Å². The van der Waals surface area contributed by atoms with Gasteiger partial charge in [-0.3, -0.25) is 9.71 Å². The van der Waals surface area contributed by atoms with Crippen molar-refractivity contribution in [2.75, 3.05) is 4.72 Å². The van der Waals surface area contributed by atoms with E-state index in [0.29, 0.717) is 15.9 Å². The Morgan fingerprint density at radius 1 is 1.05 bits per heavy atom. The standard InChI is InChI=1S/C13H9ClN4O2S/c14-11-3-6-16-12-7-9(1-2-10(11)12)21(19,20)18-13-4-5-15-8-17-13/h1-8H,(H,15,17,18). The summed E-state index contributed by atoms with van der Waals surface area (Å²) in [6, 6.07) is 7.67. The van der Waals surface area contributed by atoms with Gasteiger partial charge in [-0.05, 0) is 30.3 Å². The third kappa shape index (κ3) is 2.79. The highest BCUT2D eigenvalue weighted by Crippen LogP contribution is 2.24. The first-order chi connectivity index (χ1) is 10.1. The Morgan fingerprint density at radius 2 is 1.90 bits per heavy atom. The van der Waals surface area contributed by atoms with Crippen molar-refractivity contribution in [3.05, 3.63) is 54.1 Å². The predicted molar refractivity (Wildman–Crippen MR) is 79.6 cm³/mol. The van der Waals surface area contributed by atoms with Crippen molar-refractivity contribution in [3.63, 3.8) is 0 Å². The van der Waals surface area contributed by atoms with Crippen LogP contribution in [0.25, 0.3) is 10.9 Å². The van der Waals surface area contributed by atoms with E-state index in [-0.39, 0.29) is 10.7 Å². The van der Waals surface area contributed by atoms with Crippen LogP contribution in [-0.2, 0) is 10.0 Å². The van der Waals surface area contributed by atoms with Crippen LogP contribution in [0.3, 0.4) is 0 Å². The number of nitrogens with zero attached hydrogens (tertiary/aromatic N) is 3. The summed E-state index contributed by atoms with van der Waals surface area (Å²) in [5.74, 6) is 0.198. The topological polar surface area (TPSA) is 84.8 Å². The molecule has 8 heteroatoms. The number of hydrogen-bond donors (Lipinski definition) is 1. The minimum Gasteiger partial charge on any atom is -0.263 e. The largest absolute Gasteiger partial charge is 0.263 e. The van der Waals surface area contributed by atoms with Crippen molar-refractivity contribution >= 4 is 38.3 Å². The lowest BCUT2D eigenvalue weighted by Crippen LogP contribution is -2.13. The van der Waals surface area contributed by atoms with E-state index in [9.17, 15) is 8.42 Å². The van der Waals surface area contributed by atoms with Gasteiger partial charge in [0.1, 0.15) is 12.1 Å². The van der Waals surface area contributed by atoms with Gasteiger partial charge in [0.05, 0.1) is 15.4 Å². The second kappa shape index (κ2) is 5.27. The number of benzene rings is 1. The number of sulfonamides is 1. The molecule has 0 aliphatic rings. The fourth-order valence-corrected chi connectivity index (χ4v) is 3.05. The Morgan fingerprint density at radius 3 is 2.67 bits per heavy atom. The van der Waals surface area contributed by atoms with E-state index in [0.717, 1.165) is 0 Å². The third-order valence-electron chi connectivity index (χ3n) is 2.79. The molecule has 21 heavy (non-hydrogen) atoms. The molecule has 0 saturated carbocycles. The summed E-state index contributed by atoms with van der Waals surface area (Å²) in [6.07, 6.45) is 4.24. The fraction of sp³-hybridized carbons (Fsp3) is 0. The summed E-state index contributed by atoms with van der Waals surface area (Å²) in [4.78, 5) is 11.8. The molecule has 3 aromatic rings. The van der Waals surface area contributed by atoms with E-state index in [1.54, 1.807) is 12.1 Å². The monoisotopic (exact) mass is 320 g/mol. The molecular weight excluding hydrogens is 312 g/mol. The summed E-state index contributed by atoms with van der Waals surface area (Å²) < 4.78 is 27.0. The lowest BCUT2D eigenvalue weighted by Gasteiger charge is -2.08. The highest BCUT2D eigenvalue weighted by Gasteiger charge is 2.16. The van der Waals surface area contributed by atoms with Gasteiger partial charge in [-0.1, -0.05) is 11.6 Å². The minimum absolute atomic E-state index is 0.0865. The number of halogens is 1. The average Bonchev–Trinajstić information content (AvgIpc) is 2.48. The summed E-state index contributed by atoms with van der Waals surface area (Å²) >= 11 is 6.03. The normalized spacial score (nSPS) is 11.5. The zero-order valence-electron chi connectivity index (χ0n) is 10.6. The molecule has 106 valence electrons. The number of nitrogens with one attached hydrogen (secondary N) is 1. The fourth-order valence-electron chi connectivity index (χ4n) is 1.81. The maximum atomic E-state index is 12.3. The van der Waals surface area contributed by atoms with E-state index in [1.165, 1.54) is 36.9 Å². The van der Waals surface area contributed by atoms with E-state index in [4.69, 9.17) is 11.6 Å². The Balaban J connectivity index is 2.03. The van der Waals surface area contributed by atoms with Crippen LogP contribution in [0, 0.1) is 0 Å². The van der Waals surface area contributed by atoms with Gasteiger partial charge in [0.2, 0.25) is 0 Å². The summed E-state index contributed by atoms with van der Waals surface area (Å²) in [5.41, 5.74) is 0.507. The summed E-state index contributed by atoms with van der Waals surface area (Å²) in [7, 11) is -3.74. The molecule has 1 N–H and O–H groups in total. The Hall–Kier alpha value is -2.25. The minimum atomic E-state index is -3.74. The first-order valence-corrected chi connectivity index (χ1v) is 7.75. The number of fused-ring (bicyclic) bond motifs is 1. The molecular formula is C13H9ClN4O2S. The van der Waals surface area contributed by atoms with E-state index >= 15 is 0 Å². The van der Waals surface area contributed by atoms with Gasteiger partial charge >= 0.3 is 0 Å². The van der Waals surface area contributed by atoms with Gasteiger partial charge in [0, 0.05) is 17.8 Å². The first-order valence-electron chi connectivity index (χ1n) is 5.89. The van der Waals surface area contributed by atoms with Crippen LogP contribution >= 0.6 is 11.6 Å². The molecule has 0 atom stereocenters. The maximum absolute atomic E-state index is 12.3. The molecule has 0 unspecified atom stereocenters. The van der Waals surface area contributed by atoms with Gasteiger partial charge in [0.15, 0.2) is 0 Å². The highest BCUT2D eigenvalue weighted by atomic mass is 35.5. The average molecular weight is 321 g/mol. The molecule has 1 aromatic carbocycles. The second-order valence-electron chi connectivity index (χ2n) is 4.17. The van der Waals surface area contributed by atoms with Crippen LogP contribution in [-0.4, -0.2) is 23.4 Å². The van der Waals surface area contributed by atoms with Gasteiger partial charge in [-0.2, -0.15) is 0 Å². The van der Waals surface area contributed by atoms with Crippen molar-refractivity contribution in [2.24, 2.45) is 0 Å². The number of aromatic nitrogens is 3. The van der Waals surface area contributed by atoms with Crippen LogP contribution in [0.15, 0.2) is 53.9 Å². The molecule has 0 amide bonds. The van der Waals surface area contributed by atoms with E-state index in [1.807, 2.05) is 0 Å². The second-order valence-corrected chi connectivity index (χ2v) is 6.26. The van der Waals surface area contributed by atoms with Gasteiger partial charge in [-0.25, -0.2) is 18.4 Å². The number of hydrogen-bond acceptors (Lipinski definition) is 5. The van der Waals surface area contributed by atoms with Gasteiger partial charge in [0.25, 0.3) is 10.0 Å². The summed E-state index contributed by atoms with van der Waals surface area (Å²) in [5, 5.41) is 1.22. The lowest BCUT2D eigenvalue weighted by atomic mass is 10.2.